The summed E-state index contributed by atoms with van der Waals surface area (Å²) in [5.41, 5.74) is 5.04. The Morgan fingerprint density at radius 2 is 1.96 bits per heavy atom. The zero-order chi connectivity index (χ0) is 18.8. The van der Waals surface area contributed by atoms with Crippen molar-refractivity contribution in [1.82, 2.24) is 14.9 Å². The van der Waals surface area contributed by atoms with Gasteiger partial charge in [-0.1, -0.05) is 12.1 Å². The third-order valence-corrected chi connectivity index (χ3v) is 5.63. The SMILES string of the molecule is Cc1cccc(Nc2c(C(=O)N3CCSCC3)cnc3nc(C)ccc23)c1. The van der Waals surface area contributed by atoms with Gasteiger partial charge in [-0.2, -0.15) is 11.8 Å². The summed E-state index contributed by atoms with van der Waals surface area (Å²) in [5.74, 6) is 1.99. The van der Waals surface area contributed by atoms with Crippen LogP contribution in [0.2, 0.25) is 0 Å². The number of carbonyl (C=O) groups excluding carboxylic acids is 1. The fourth-order valence-corrected chi connectivity index (χ4v) is 4.18. The lowest BCUT2D eigenvalue weighted by Crippen LogP contribution is -2.38. The first-order valence-corrected chi connectivity index (χ1v) is 10.2. The first-order valence-electron chi connectivity index (χ1n) is 9.09. The van der Waals surface area contributed by atoms with E-state index in [0.717, 1.165) is 52.6 Å². The predicted molar refractivity (Wildman–Crippen MR) is 112 cm³/mol. The van der Waals surface area contributed by atoms with Gasteiger partial charge in [0.1, 0.15) is 0 Å². The lowest BCUT2D eigenvalue weighted by Gasteiger charge is -2.27. The van der Waals surface area contributed by atoms with Crippen LogP contribution in [0.4, 0.5) is 11.4 Å². The minimum Gasteiger partial charge on any atom is -0.354 e. The van der Waals surface area contributed by atoms with E-state index in [2.05, 4.69) is 34.3 Å². The van der Waals surface area contributed by atoms with E-state index in [9.17, 15) is 4.79 Å². The lowest BCUT2D eigenvalue weighted by atomic mass is 10.1. The Morgan fingerprint density at radius 3 is 2.74 bits per heavy atom. The number of thioether (sulfide) groups is 1. The molecule has 5 nitrogen and oxygen atoms in total. The average Bonchev–Trinajstić information content (AvgIpc) is 2.68. The number of amides is 1. The molecule has 2 aromatic heterocycles. The van der Waals surface area contributed by atoms with Crippen molar-refractivity contribution in [2.24, 2.45) is 0 Å². The maximum Gasteiger partial charge on any atom is 0.257 e. The Morgan fingerprint density at radius 1 is 1.15 bits per heavy atom. The second-order valence-electron chi connectivity index (χ2n) is 6.77. The highest BCUT2D eigenvalue weighted by Crippen LogP contribution is 2.30. The fourth-order valence-electron chi connectivity index (χ4n) is 3.27. The molecule has 0 saturated carbocycles. The van der Waals surface area contributed by atoms with E-state index in [0.29, 0.717) is 11.2 Å². The highest BCUT2D eigenvalue weighted by Gasteiger charge is 2.23. The Balaban J connectivity index is 1.82. The molecular formula is C21H22N4OS. The summed E-state index contributed by atoms with van der Waals surface area (Å²) in [7, 11) is 0. The molecule has 0 radical (unpaired) electrons. The number of carbonyl (C=O) groups is 1. The Hall–Kier alpha value is -2.60. The van der Waals surface area contributed by atoms with Crippen molar-refractivity contribution in [3.8, 4) is 0 Å². The van der Waals surface area contributed by atoms with Crippen LogP contribution < -0.4 is 5.32 Å². The van der Waals surface area contributed by atoms with E-state index in [1.54, 1.807) is 6.20 Å². The van der Waals surface area contributed by atoms with E-state index in [1.165, 1.54) is 0 Å². The monoisotopic (exact) mass is 378 g/mol. The van der Waals surface area contributed by atoms with Gasteiger partial charge >= 0.3 is 0 Å². The molecule has 3 heterocycles. The predicted octanol–water partition coefficient (Wildman–Crippen LogP) is 4.18. The van der Waals surface area contributed by atoms with E-state index in [1.807, 2.05) is 47.9 Å². The van der Waals surface area contributed by atoms with Crippen molar-refractivity contribution in [1.29, 1.82) is 0 Å². The summed E-state index contributed by atoms with van der Waals surface area (Å²) < 4.78 is 0. The van der Waals surface area contributed by atoms with Crippen molar-refractivity contribution < 1.29 is 4.79 Å². The maximum atomic E-state index is 13.2. The summed E-state index contributed by atoms with van der Waals surface area (Å²) in [4.78, 5) is 24.1. The molecule has 0 bridgehead atoms. The molecule has 4 rings (SSSR count). The highest BCUT2D eigenvalue weighted by atomic mass is 32.2. The molecule has 27 heavy (non-hydrogen) atoms. The van der Waals surface area contributed by atoms with Gasteiger partial charge in [0, 0.05) is 47.6 Å². The molecule has 0 spiro atoms. The van der Waals surface area contributed by atoms with E-state index >= 15 is 0 Å². The van der Waals surface area contributed by atoms with E-state index in [4.69, 9.17) is 0 Å². The first kappa shape index (κ1) is 17.8. The average molecular weight is 379 g/mol. The van der Waals surface area contributed by atoms with Crippen molar-refractivity contribution in [2.75, 3.05) is 29.9 Å². The minimum atomic E-state index is 0.0282. The quantitative estimate of drug-likeness (QED) is 0.741. The van der Waals surface area contributed by atoms with Gasteiger partial charge in [0.05, 0.1) is 11.3 Å². The molecule has 1 saturated heterocycles. The second kappa shape index (κ2) is 7.56. The number of nitrogens with one attached hydrogen (secondary N) is 1. The standard InChI is InChI=1S/C21H22N4OS/c1-14-4-3-5-16(12-14)24-19-17-7-6-15(2)23-20(17)22-13-18(19)21(26)25-8-10-27-11-9-25/h3-7,12-13H,8-11H2,1-2H3,(H,22,23,24). The fraction of sp³-hybridized carbons (Fsp3) is 0.286. The number of rotatable bonds is 3. The number of pyridine rings is 2. The Bertz CT molecular complexity index is 999. The van der Waals surface area contributed by atoms with Gasteiger partial charge < -0.3 is 10.2 Å². The molecule has 1 aliphatic heterocycles. The number of aryl methyl sites for hydroxylation is 2. The summed E-state index contributed by atoms with van der Waals surface area (Å²) >= 11 is 1.89. The van der Waals surface area contributed by atoms with Crippen LogP contribution in [0.1, 0.15) is 21.6 Å². The van der Waals surface area contributed by atoms with Gasteiger partial charge in [0.2, 0.25) is 0 Å². The smallest absolute Gasteiger partial charge is 0.257 e. The number of anilines is 2. The Kier molecular flexibility index (Phi) is 4.99. The number of fused-ring (bicyclic) bond motifs is 1. The van der Waals surface area contributed by atoms with Crippen molar-refractivity contribution in [3.63, 3.8) is 0 Å². The molecule has 6 heteroatoms. The molecule has 1 amide bonds. The van der Waals surface area contributed by atoms with E-state index in [-0.39, 0.29) is 5.91 Å². The largest absolute Gasteiger partial charge is 0.354 e. The summed E-state index contributed by atoms with van der Waals surface area (Å²) in [6, 6.07) is 12.1. The molecular weight excluding hydrogens is 356 g/mol. The molecule has 0 unspecified atom stereocenters. The minimum absolute atomic E-state index is 0.0282. The molecule has 1 fully saturated rings. The van der Waals surface area contributed by atoms with Crippen molar-refractivity contribution in [3.05, 3.63) is 59.4 Å². The lowest BCUT2D eigenvalue weighted by molar-refractivity contribution is 0.0773. The molecule has 1 N–H and O–H groups in total. The number of hydrogen-bond acceptors (Lipinski definition) is 5. The number of aromatic nitrogens is 2. The number of benzene rings is 1. The molecule has 0 aliphatic carbocycles. The Labute approximate surface area is 163 Å². The van der Waals surface area contributed by atoms with E-state index < -0.39 is 0 Å². The summed E-state index contributed by atoms with van der Waals surface area (Å²) in [6.45, 7) is 5.55. The van der Waals surface area contributed by atoms with Crippen LogP contribution in [0.15, 0.2) is 42.6 Å². The number of hydrogen-bond donors (Lipinski definition) is 1. The third kappa shape index (κ3) is 3.76. The van der Waals surface area contributed by atoms with Gasteiger partial charge in [-0.15, -0.1) is 0 Å². The van der Waals surface area contributed by atoms with Crippen LogP contribution in [-0.4, -0.2) is 45.4 Å². The van der Waals surface area contributed by atoms with Crippen LogP contribution in [0.5, 0.6) is 0 Å². The van der Waals surface area contributed by atoms with Crippen LogP contribution in [0.3, 0.4) is 0 Å². The molecule has 0 atom stereocenters. The molecule has 138 valence electrons. The highest BCUT2D eigenvalue weighted by molar-refractivity contribution is 7.99. The zero-order valence-electron chi connectivity index (χ0n) is 15.5. The van der Waals surface area contributed by atoms with Crippen LogP contribution in [0.25, 0.3) is 11.0 Å². The molecule has 1 aromatic carbocycles. The van der Waals surface area contributed by atoms with Gasteiger partial charge in [-0.3, -0.25) is 4.79 Å². The van der Waals surface area contributed by atoms with Crippen LogP contribution >= 0.6 is 11.8 Å². The van der Waals surface area contributed by atoms with Gasteiger partial charge in [-0.05, 0) is 43.7 Å². The summed E-state index contributed by atoms with van der Waals surface area (Å²) in [5, 5.41) is 4.32. The van der Waals surface area contributed by atoms with Gasteiger partial charge in [0.15, 0.2) is 5.65 Å². The zero-order valence-corrected chi connectivity index (χ0v) is 16.3. The maximum absolute atomic E-state index is 13.2. The molecule has 3 aromatic rings. The van der Waals surface area contributed by atoms with Crippen molar-refractivity contribution >= 4 is 40.1 Å². The van der Waals surface area contributed by atoms with Crippen LogP contribution in [-0.2, 0) is 0 Å². The summed E-state index contributed by atoms with van der Waals surface area (Å²) in [6.07, 6.45) is 1.66. The van der Waals surface area contributed by atoms with Gasteiger partial charge in [-0.25, -0.2) is 9.97 Å². The topological polar surface area (TPSA) is 58.1 Å². The normalized spacial score (nSPS) is 14.4. The second-order valence-corrected chi connectivity index (χ2v) is 7.99. The number of nitrogens with zero attached hydrogens (tertiary/aromatic N) is 3. The third-order valence-electron chi connectivity index (χ3n) is 4.69. The molecule has 1 aliphatic rings. The first-order chi connectivity index (χ1) is 13.1. The van der Waals surface area contributed by atoms with Gasteiger partial charge in [0.25, 0.3) is 5.91 Å². The van der Waals surface area contributed by atoms with Crippen LogP contribution in [0, 0.1) is 13.8 Å². The van der Waals surface area contributed by atoms with Crippen molar-refractivity contribution in [2.45, 2.75) is 13.8 Å².